The highest BCUT2D eigenvalue weighted by Gasteiger charge is 2.41. The van der Waals surface area contributed by atoms with Crippen molar-refractivity contribution in [3.63, 3.8) is 0 Å². The molecule has 12 nitrogen and oxygen atoms in total. The van der Waals surface area contributed by atoms with Gasteiger partial charge >= 0.3 is 23.9 Å². The number of aliphatic hydroxyl groups excluding tert-OH is 1. The van der Waals surface area contributed by atoms with Gasteiger partial charge in [-0.3, -0.25) is 19.2 Å². The number of ether oxygens (including phenoxy) is 5. The van der Waals surface area contributed by atoms with Gasteiger partial charge in [-0.1, -0.05) is 67.5 Å². The van der Waals surface area contributed by atoms with Gasteiger partial charge in [0.15, 0.2) is 6.61 Å². The van der Waals surface area contributed by atoms with Crippen LogP contribution >= 0.6 is 0 Å². The quantitative estimate of drug-likeness (QED) is 0.0255. The van der Waals surface area contributed by atoms with Crippen molar-refractivity contribution in [1.29, 1.82) is 0 Å². The highest BCUT2D eigenvalue weighted by atomic mass is 16.6. The number of epoxide rings is 1. The van der Waals surface area contributed by atoms with Crippen LogP contribution in [0.25, 0.3) is 21.5 Å². The second-order valence-electron chi connectivity index (χ2n) is 13.5. The molecule has 4 rings (SSSR count). The SMILES string of the molecule is CCC(C)(CC(CC(CC(C)C(=O)OCCON=Cc1c2ccccc2cc2ccccc12)C(=O)OCCCCO)C(=O)OCC1CO1)C(=O)OC. The third-order valence-corrected chi connectivity index (χ3v) is 9.53. The lowest BCUT2D eigenvalue weighted by molar-refractivity contribution is -0.158. The summed E-state index contributed by atoms with van der Waals surface area (Å²) in [5, 5.41) is 17.5. The predicted molar refractivity (Wildman–Crippen MR) is 194 cm³/mol. The first kappa shape index (κ1) is 40.2. The van der Waals surface area contributed by atoms with Gasteiger partial charge in [-0.25, -0.2) is 0 Å². The summed E-state index contributed by atoms with van der Waals surface area (Å²) >= 11 is 0. The molecular weight excluding hydrogens is 670 g/mol. The van der Waals surface area contributed by atoms with Gasteiger partial charge in [0, 0.05) is 12.2 Å². The molecule has 0 aromatic heterocycles. The Bertz CT molecular complexity index is 1630. The number of carbonyl (C=O) groups excluding carboxylic acids is 4. The molecule has 1 N–H and O–H groups in total. The summed E-state index contributed by atoms with van der Waals surface area (Å²) in [6, 6.07) is 18.2. The highest BCUT2D eigenvalue weighted by Crippen LogP contribution is 2.36. The van der Waals surface area contributed by atoms with E-state index in [1.54, 1.807) is 20.1 Å². The molecule has 3 aromatic rings. The molecule has 1 heterocycles. The average molecular weight is 722 g/mol. The normalized spacial score (nSPS) is 16.8. The lowest BCUT2D eigenvalue weighted by Gasteiger charge is -2.30. The molecule has 5 atom stereocenters. The second-order valence-corrected chi connectivity index (χ2v) is 13.5. The summed E-state index contributed by atoms with van der Waals surface area (Å²) in [4.78, 5) is 58.1. The number of benzene rings is 3. The van der Waals surface area contributed by atoms with Crippen LogP contribution in [0.15, 0.2) is 59.8 Å². The van der Waals surface area contributed by atoms with Crippen LogP contribution in [-0.4, -0.2) is 88.1 Å². The monoisotopic (exact) mass is 721 g/mol. The van der Waals surface area contributed by atoms with Crippen LogP contribution < -0.4 is 0 Å². The first-order chi connectivity index (χ1) is 25.1. The van der Waals surface area contributed by atoms with Crippen LogP contribution in [-0.2, 0) is 47.7 Å². The largest absolute Gasteiger partial charge is 0.469 e. The standard InChI is InChI=1S/C40H51NO11/c1-5-40(3,39(46)47-4)23-31(38(45)51-26-32-25-50-32)22-30(37(44)48-17-11-10-16-42)20-27(2)36(43)49-18-19-52-41-24-35-33-14-8-6-12-28(33)21-29-13-7-9-15-34(29)35/h6-9,12-15,21,24,27,30-32,42H,5,10-11,16-20,22-23,25-26H2,1-4H3. The molecule has 1 aliphatic rings. The maximum absolute atomic E-state index is 13.4. The molecule has 0 spiro atoms. The fourth-order valence-electron chi connectivity index (χ4n) is 6.19. The fourth-order valence-corrected chi connectivity index (χ4v) is 6.19. The molecule has 12 heteroatoms. The number of hydrogen-bond acceptors (Lipinski definition) is 12. The van der Waals surface area contributed by atoms with Gasteiger partial charge in [0.25, 0.3) is 0 Å². The van der Waals surface area contributed by atoms with Crippen LogP contribution in [0.5, 0.6) is 0 Å². The Kier molecular flexibility index (Phi) is 15.4. The fraction of sp³-hybridized carbons (Fsp3) is 0.525. The van der Waals surface area contributed by atoms with Crippen molar-refractivity contribution >= 4 is 51.6 Å². The molecular formula is C40H51NO11. The minimum absolute atomic E-state index is 0.00966. The van der Waals surface area contributed by atoms with Crippen molar-refractivity contribution in [2.24, 2.45) is 28.3 Å². The van der Waals surface area contributed by atoms with Crippen LogP contribution in [0.3, 0.4) is 0 Å². The third-order valence-electron chi connectivity index (χ3n) is 9.53. The van der Waals surface area contributed by atoms with Crippen molar-refractivity contribution in [2.45, 2.75) is 65.4 Å². The summed E-state index contributed by atoms with van der Waals surface area (Å²) < 4.78 is 26.7. The smallest absolute Gasteiger partial charge is 0.311 e. The lowest BCUT2D eigenvalue weighted by atomic mass is 9.75. The first-order valence-corrected chi connectivity index (χ1v) is 18.0. The Morgan fingerprint density at radius 2 is 1.54 bits per heavy atom. The van der Waals surface area contributed by atoms with Gasteiger partial charge in [0.05, 0.1) is 49.7 Å². The highest BCUT2D eigenvalue weighted by molar-refractivity contribution is 6.13. The van der Waals surface area contributed by atoms with E-state index in [0.717, 1.165) is 27.1 Å². The Labute approximate surface area is 304 Å². The Morgan fingerprint density at radius 1 is 0.904 bits per heavy atom. The van der Waals surface area contributed by atoms with Crippen molar-refractivity contribution in [2.75, 3.05) is 46.8 Å². The van der Waals surface area contributed by atoms with Crippen molar-refractivity contribution in [3.05, 3.63) is 60.2 Å². The minimum Gasteiger partial charge on any atom is -0.469 e. The van der Waals surface area contributed by atoms with Crippen LogP contribution in [0, 0.1) is 23.2 Å². The second kappa shape index (κ2) is 19.9. The summed E-state index contributed by atoms with van der Waals surface area (Å²) in [7, 11) is 1.29. The molecule has 1 fully saturated rings. The topological polar surface area (TPSA) is 160 Å². The number of oxime groups is 1. The van der Waals surface area contributed by atoms with E-state index in [-0.39, 0.29) is 58.4 Å². The average Bonchev–Trinajstić information content (AvgIpc) is 3.99. The van der Waals surface area contributed by atoms with Crippen LogP contribution in [0.2, 0.25) is 0 Å². The van der Waals surface area contributed by atoms with E-state index in [1.165, 1.54) is 7.11 Å². The molecule has 1 saturated heterocycles. The van der Waals surface area contributed by atoms with E-state index in [4.69, 9.17) is 33.6 Å². The number of hydrogen-bond donors (Lipinski definition) is 1. The number of carbonyl (C=O) groups is 4. The zero-order valence-electron chi connectivity index (χ0n) is 30.5. The predicted octanol–water partition coefficient (Wildman–Crippen LogP) is 5.77. The van der Waals surface area contributed by atoms with Crippen molar-refractivity contribution < 1.29 is 52.8 Å². The number of aliphatic hydroxyl groups is 1. The van der Waals surface area contributed by atoms with E-state index in [1.807, 2.05) is 55.5 Å². The van der Waals surface area contributed by atoms with Crippen LogP contribution in [0.1, 0.15) is 64.9 Å². The molecule has 282 valence electrons. The maximum Gasteiger partial charge on any atom is 0.311 e. The summed E-state index contributed by atoms with van der Waals surface area (Å²) in [6.45, 7) is 5.71. The Balaban J connectivity index is 1.38. The van der Waals surface area contributed by atoms with E-state index >= 15 is 0 Å². The first-order valence-electron chi connectivity index (χ1n) is 18.0. The Hall–Kier alpha value is -4.55. The van der Waals surface area contributed by atoms with Gasteiger partial charge < -0.3 is 33.6 Å². The molecule has 3 aromatic carbocycles. The van der Waals surface area contributed by atoms with E-state index in [9.17, 15) is 19.2 Å². The number of unbranched alkanes of at least 4 members (excludes halogenated alkanes) is 1. The number of rotatable bonds is 22. The molecule has 52 heavy (non-hydrogen) atoms. The molecule has 5 unspecified atom stereocenters. The van der Waals surface area contributed by atoms with E-state index in [0.29, 0.717) is 25.9 Å². The van der Waals surface area contributed by atoms with Gasteiger partial charge in [0.1, 0.15) is 19.3 Å². The molecule has 0 radical (unpaired) electrons. The molecule has 0 amide bonds. The summed E-state index contributed by atoms with van der Waals surface area (Å²) in [5.74, 6) is -4.68. The van der Waals surface area contributed by atoms with E-state index < -0.39 is 47.0 Å². The van der Waals surface area contributed by atoms with Gasteiger partial charge in [-0.2, -0.15) is 0 Å². The van der Waals surface area contributed by atoms with E-state index in [2.05, 4.69) is 11.2 Å². The maximum atomic E-state index is 13.4. The number of esters is 4. The summed E-state index contributed by atoms with van der Waals surface area (Å²) in [6.07, 6.45) is 2.87. The third kappa shape index (κ3) is 11.5. The molecule has 1 aliphatic heterocycles. The number of methoxy groups -OCH3 is 1. The number of fused-ring (bicyclic) bond motifs is 2. The zero-order valence-corrected chi connectivity index (χ0v) is 30.5. The lowest BCUT2D eigenvalue weighted by Crippen LogP contribution is -2.36. The van der Waals surface area contributed by atoms with Crippen molar-refractivity contribution in [1.82, 2.24) is 0 Å². The molecule has 0 aliphatic carbocycles. The summed E-state index contributed by atoms with van der Waals surface area (Å²) in [5.41, 5.74) is -0.0971. The van der Waals surface area contributed by atoms with Gasteiger partial charge in [-0.05, 0) is 73.1 Å². The minimum atomic E-state index is -1.02. The van der Waals surface area contributed by atoms with Gasteiger partial charge in [-0.15, -0.1) is 0 Å². The molecule has 0 bridgehead atoms. The number of nitrogens with zero attached hydrogens (tertiary/aromatic N) is 1. The molecule has 0 saturated carbocycles. The Morgan fingerprint density at radius 3 is 2.15 bits per heavy atom. The van der Waals surface area contributed by atoms with Crippen molar-refractivity contribution in [3.8, 4) is 0 Å². The van der Waals surface area contributed by atoms with Gasteiger partial charge in [0.2, 0.25) is 0 Å². The van der Waals surface area contributed by atoms with Crippen LogP contribution in [0.4, 0.5) is 0 Å². The zero-order chi connectivity index (χ0) is 37.5.